The van der Waals surface area contributed by atoms with Gasteiger partial charge in [0.2, 0.25) is 0 Å². The standard InChI is InChI=1S/C18H27NO2/c1-13(2)14-7-8-17-15(11-14)18(20)16(12-21-17)19-9-5-3-4-6-10-19/h7-8,11,13,16,18,20H,3-6,9-10,12H2,1-2H3. The Kier molecular flexibility index (Phi) is 4.51. The number of fused-ring (bicyclic) bond motifs is 1. The number of aliphatic hydroxyl groups is 1. The van der Waals surface area contributed by atoms with Crippen molar-refractivity contribution in [1.29, 1.82) is 0 Å². The fourth-order valence-corrected chi connectivity index (χ4v) is 3.49. The van der Waals surface area contributed by atoms with Gasteiger partial charge in [-0.25, -0.2) is 0 Å². The summed E-state index contributed by atoms with van der Waals surface area (Å²) in [6.45, 7) is 7.15. The average Bonchev–Trinajstić information content (AvgIpc) is 2.76. The summed E-state index contributed by atoms with van der Waals surface area (Å²) in [5.41, 5.74) is 2.25. The second-order valence-corrected chi connectivity index (χ2v) is 6.73. The molecule has 116 valence electrons. The lowest BCUT2D eigenvalue weighted by atomic mass is 9.93. The van der Waals surface area contributed by atoms with E-state index >= 15 is 0 Å². The molecular formula is C18H27NO2. The van der Waals surface area contributed by atoms with Crippen molar-refractivity contribution in [3.8, 4) is 5.75 Å². The third-order valence-electron chi connectivity index (χ3n) is 4.90. The summed E-state index contributed by atoms with van der Waals surface area (Å²) in [5, 5.41) is 10.8. The third kappa shape index (κ3) is 3.09. The molecule has 0 amide bonds. The van der Waals surface area contributed by atoms with Crippen LogP contribution < -0.4 is 4.74 Å². The van der Waals surface area contributed by atoms with Gasteiger partial charge in [-0.15, -0.1) is 0 Å². The van der Waals surface area contributed by atoms with E-state index < -0.39 is 6.10 Å². The minimum Gasteiger partial charge on any atom is -0.491 e. The predicted octanol–water partition coefficient (Wildman–Crippen LogP) is 3.48. The van der Waals surface area contributed by atoms with Crippen molar-refractivity contribution in [2.75, 3.05) is 19.7 Å². The molecule has 0 bridgehead atoms. The van der Waals surface area contributed by atoms with Gasteiger partial charge in [-0.05, 0) is 49.5 Å². The Morgan fingerprint density at radius 3 is 2.52 bits per heavy atom. The number of ether oxygens (including phenoxy) is 1. The maximum Gasteiger partial charge on any atom is 0.125 e. The molecule has 1 saturated heterocycles. The number of likely N-dealkylation sites (tertiary alicyclic amines) is 1. The zero-order valence-electron chi connectivity index (χ0n) is 13.2. The monoisotopic (exact) mass is 289 g/mol. The Labute approximate surface area is 127 Å². The molecule has 1 N–H and O–H groups in total. The van der Waals surface area contributed by atoms with E-state index in [-0.39, 0.29) is 6.04 Å². The highest BCUT2D eigenvalue weighted by Gasteiger charge is 2.34. The first-order valence-corrected chi connectivity index (χ1v) is 8.35. The molecule has 2 atom stereocenters. The molecule has 0 spiro atoms. The van der Waals surface area contributed by atoms with Crippen LogP contribution in [0.2, 0.25) is 0 Å². The molecule has 0 radical (unpaired) electrons. The molecule has 2 unspecified atom stereocenters. The first-order valence-electron chi connectivity index (χ1n) is 8.35. The van der Waals surface area contributed by atoms with Crippen molar-refractivity contribution in [3.05, 3.63) is 29.3 Å². The predicted molar refractivity (Wildman–Crippen MR) is 84.8 cm³/mol. The van der Waals surface area contributed by atoms with Gasteiger partial charge in [0, 0.05) is 5.56 Å². The largest absolute Gasteiger partial charge is 0.491 e. The molecule has 3 rings (SSSR count). The highest BCUT2D eigenvalue weighted by Crippen LogP contribution is 2.36. The molecule has 3 heteroatoms. The summed E-state index contributed by atoms with van der Waals surface area (Å²) >= 11 is 0. The number of hydrogen-bond acceptors (Lipinski definition) is 3. The molecule has 0 saturated carbocycles. The first-order chi connectivity index (χ1) is 10.2. The Bertz CT molecular complexity index is 478. The summed E-state index contributed by atoms with van der Waals surface area (Å²) in [6, 6.07) is 6.38. The van der Waals surface area contributed by atoms with E-state index in [1.165, 1.54) is 31.2 Å². The van der Waals surface area contributed by atoms with Gasteiger partial charge in [0.1, 0.15) is 18.5 Å². The number of aliphatic hydroxyl groups excluding tert-OH is 1. The average molecular weight is 289 g/mol. The summed E-state index contributed by atoms with van der Waals surface area (Å²) in [6.07, 6.45) is 4.68. The van der Waals surface area contributed by atoms with Gasteiger partial charge in [0.25, 0.3) is 0 Å². The van der Waals surface area contributed by atoms with Gasteiger partial charge in [0.05, 0.1) is 6.04 Å². The van der Waals surface area contributed by atoms with Crippen molar-refractivity contribution in [2.45, 2.75) is 57.6 Å². The molecule has 1 aromatic carbocycles. The molecule has 21 heavy (non-hydrogen) atoms. The molecule has 2 aliphatic rings. The molecule has 3 nitrogen and oxygen atoms in total. The van der Waals surface area contributed by atoms with Crippen LogP contribution in [0, 0.1) is 0 Å². The van der Waals surface area contributed by atoms with Gasteiger partial charge < -0.3 is 9.84 Å². The summed E-state index contributed by atoms with van der Waals surface area (Å²) in [7, 11) is 0. The van der Waals surface area contributed by atoms with E-state index in [2.05, 4.69) is 30.9 Å². The van der Waals surface area contributed by atoms with Crippen molar-refractivity contribution in [1.82, 2.24) is 4.90 Å². The van der Waals surface area contributed by atoms with Crippen LogP contribution in [0.1, 0.15) is 62.7 Å². The molecule has 0 aliphatic carbocycles. The Morgan fingerprint density at radius 1 is 1.14 bits per heavy atom. The maximum absolute atomic E-state index is 10.8. The Hall–Kier alpha value is -1.06. The fourth-order valence-electron chi connectivity index (χ4n) is 3.49. The molecule has 2 heterocycles. The van der Waals surface area contributed by atoms with E-state index in [0.717, 1.165) is 24.4 Å². The molecule has 0 aromatic heterocycles. The molecule has 2 aliphatic heterocycles. The molecule has 1 fully saturated rings. The van der Waals surface area contributed by atoms with Gasteiger partial charge in [-0.3, -0.25) is 4.90 Å². The number of hydrogen-bond donors (Lipinski definition) is 1. The second-order valence-electron chi connectivity index (χ2n) is 6.73. The highest BCUT2D eigenvalue weighted by molar-refractivity contribution is 5.42. The fraction of sp³-hybridized carbons (Fsp3) is 0.667. The van der Waals surface area contributed by atoms with E-state index in [1.54, 1.807) is 0 Å². The zero-order chi connectivity index (χ0) is 14.8. The smallest absolute Gasteiger partial charge is 0.125 e. The lowest BCUT2D eigenvalue weighted by Gasteiger charge is -2.38. The van der Waals surface area contributed by atoms with Crippen LogP contribution in [-0.4, -0.2) is 35.7 Å². The number of benzene rings is 1. The van der Waals surface area contributed by atoms with Gasteiger partial charge >= 0.3 is 0 Å². The van der Waals surface area contributed by atoms with Crippen LogP contribution in [0.5, 0.6) is 5.75 Å². The third-order valence-corrected chi connectivity index (χ3v) is 4.90. The quantitative estimate of drug-likeness (QED) is 0.904. The highest BCUT2D eigenvalue weighted by atomic mass is 16.5. The van der Waals surface area contributed by atoms with Gasteiger partial charge in [0.15, 0.2) is 0 Å². The van der Waals surface area contributed by atoms with E-state index in [9.17, 15) is 5.11 Å². The van der Waals surface area contributed by atoms with Gasteiger partial charge in [-0.2, -0.15) is 0 Å². The Morgan fingerprint density at radius 2 is 1.86 bits per heavy atom. The van der Waals surface area contributed by atoms with Crippen molar-refractivity contribution < 1.29 is 9.84 Å². The minimum atomic E-state index is -0.425. The van der Waals surface area contributed by atoms with E-state index in [4.69, 9.17) is 4.74 Å². The summed E-state index contributed by atoms with van der Waals surface area (Å²) < 4.78 is 5.93. The van der Waals surface area contributed by atoms with E-state index in [0.29, 0.717) is 12.5 Å². The van der Waals surface area contributed by atoms with Crippen LogP contribution in [0.4, 0.5) is 0 Å². The molecule has 1 aromatic rings. The maximum atomic E-state index is 10.8. The van der Waals surface area contributed by atoms with Crippen LogP contribution in [0.3, 0.4) is 0 Å². The number of rotatable bonds is 2. The van der Waals surface area contributed by atoms with Crippen molar-refractivity contribution in [2.24, 2.45) is 0 Å². The molecular weight excluding hydrogens is 262 g/mol. The van der Waals surface area contributed by atoms with Crippen LogP contribution in [0.15, 0.2) is 18.2 Å². The van der Waals surface area contributed by atoms with Crippen LogP contribution in [-0.2, 0) is 0 Å². The minimum absolute atomic E-state index is 0.109. The van der Waals surface area contributed by atoms with Crippen LogP contribution >= 0.6 is 0 Å². The summed E-state index contributed by atoms with van der Waals surface area (Å²) in [4.78, 5) is 2.43. The summed E-state index contributed by atoms with van der Waals surface area (Å²) in [5.74, 6) is 1.33. The van der Waals surface area contributed by atoms with Gasteiger partial charge in [-0.1, -0.05) is 32.8 Å². The van der Waals surface area contributed by atoms with Crippen LogP contribution in [0.25, 0.3) is 0 Å². The normalized spacial score (nSPS) is 27.0. The number of nitrogens with zero attached hydrogens (tertiary/aromatic N) is 1. The lowest BCUT2D eigenvalue weighted by molar-refractivity contribution is 0.00476. The lowest BCUT2D eigenvalue weighted by Crippen LogP contribution is -2.46. The second kappa shape index (κ2) is 6.37. The zero-order valence-corrected chi connectivity index (χ0v) is 13.2. The van der Waals surface area contributed by atoms with Crippen molar-refractivity contribution in [3.63, 3.8) is 0 Å². The Balaban J connectivity index is 1.83. The SMILES string of the molecule is CC(C)c1ccc2c(c1)C(O)C(N1CCCCCC1)CO2. The van der Waals surface area contributed by atoms with E-state index in [1.807, 2.05) is 6.07 Å². The first kappa shape index (κ1) is 14.9. The van der Waals surface area contributed by atoms with Crippen molar-refractivity contribution >= 4 is 0 Å². The topological polar surface area (TPSA) is 32.7 Å².